The highest BCUT2D eigenvalue weighted by atomic mass is 16.5. The lowest BCUT2D eigenvalue weighted by molar-refractivity contribution is 0.134. The summed E-state index contributed by atoms with van der Waals surface area (Å²) in [5, 5.41) is 6.65. The van der Waals surface area contributed by atoms with Crippen LogP contribution in [0.2, 0.25) is 0 Å². The molecule has 3 heteroatoms. The van der Waals surface area contributed by atoms with Gasteiger partial charge in [-0.05, 0) is 19.4 Å². The van der Waals surface area contributed by atoms with Crippen LogP contribution in [-0.4, -0.2) is 38.9 Å². The molecule has 0 aromatic carbocycles. The molecule has 0 bridgehead atoms. The summed E-state index contributed by atoms with van der Waals surface area (Å²) in [5.74, 6) is 0.691. The third-order valence-electron chi connectivity index (χ3n) is 2.39. The van der Waals surface area contributed by atoms with E-state index < -0.39 is 0 Å². The second-order valence-electron chi connectivity index (χ2n) is 3.95. The maximum Gasteiger partial charge on any atom is 0.0591 e. The lowest BCUT2D eigenvalue weighted by Crippen LogP contribution is -2.33. The van der Waals surface area contributed by atoms with Crippen molar-refractivity contribution >= 4 is 0 Å². The van der Waals surface area contributed by atoms with Crippen LogP contribution in [0.15, 0.2) is 0 Å². The Morgan fingerprint density at radius 2 is 1.71 bits per heavy atom. The molecule has 0 heterocycles. The van der Waals surface area contributed by atoms with Gasteiger partial charge in [-0.1, -0.05) is 20.8 Å². The fourth-order valence-corrected chi connectivity index (χ4v) is 1.02. The zero-order chi connectivity index (χ0) is 10.8. The van der Waals surface area contributed by atoms with Crippen LogP contribution in [0.1, 0.15) is 27.7 Å². The molecule has 0 fully saturated rings. The number of hydrogen-bond acceptors (Lipinski definition) is 3. The highest BCUT2D eigenvalue weighted by molar-refractivity contribution is 4.63. The van der Waals surface area contributed by atoms with Crippen molar-refractivity contribution in [3.05, 3.63) is 0 Å². The first-order valence-corrected chi connectivity index (χ1v) is 5.70. The Kier molecular flexibility index (Phi) is 9.35. The van der Waals surface area contributed by atoms with Crippen LogP contribution in [-0.2, 0) is 4.74 Å². The second kappa shape index (κ2) is 9.44. The van der Waals surface area contributed by atoms with E-state index in [2.05, 4.69) is 38.3 Å². The van der Waals surface area contributed by atoms with Gasteiger partial charge in [0.15, 0.2) is 0 Å². The van der Waals surface area contributed by atoms with Gasteiger partial charge in [0.2, 0.25) is 0 Å². The largest absolute Gasteiger partial charge is 0.379 e. The summed E-state index contributed by atoms with van der Waals surface area (Å²) < 4.78 is 5.44. The molecule has 14 heavy (non-hydrogen) atoms. The molecule has 0 aromatic rings. The van der Waals surface area contributed by atoms with E-state index in [1.807, 2.05) is 0 Å². The van der Waals surface area contributed by atoms with Crippen molar-refractivity contribution in [3.63, 3.8) is 0 Å². The van der Waals surface area contributed by atoms with Crippen LogP contribution in [0.25, 0.3) is 0 Å². The minimum atomic E-state index is 0.576. The van der Waals surface area contributed by atoms with Crippen molar-refractivity contribution in [2.75, 3.05) is 32.8 Å². The minimum absolute atomic E-state index is 0.576. The monoisotopic (exact) mass is 202 g/mol. The molecule has 1 unspecified atom stereocenters. The second-order valence-corrected chi connectivity index (χ2v) is 3.95. The van der Waals surface area contributed by atoms with Crippen molar-refractivity contribution in [3.8, 4) is 0 Å². The van der Waals surface area contributed by atoms with Gasteiger partial charge < -0.3 is 15.4 Å². The van der Waals surface area contributed by atoms with E-state index in [-0.39, 0.29) is 0 Å². The number of nitrogens with one attached hydrogen (secondary N) is 2. The molecule has 3 nitrogen and oxygen atoms in total. The lowest BCUT2D eigenvalue weighted by atomic mass is 10.1. The predicted molar refractivity (Wildman–Crippen MR) is 61.7 cm³/mol. The van der Waals surface area contributed by atoms with Gasteiger partial charge in [-0.3, -0.25) is 0 Å². The Morgan fingerprint density at radius 3 is 2.29 bits per heavy atom. The molecule has 1 atom stereocenters. The van der Waals surface area contributed by atoms with Gasteiger partial charge in [-0.25, -0.2) is 0 Å². The molecule has 0 rings (SSSR count). The van der Waals surface area contributed by atoms with Crippen LogP contribution in [0.4, 0.5) is 0 Å². The average molecular weight is 202 g/mol. The van der Waals surface area contributed by atoms with Crippen LogP contribution < -0.4 is 10.6 Å². The van der Waals surface area contributed by atoms with Crippen molar-refractivity contribution in [1.29, 1.82) is 0 Å². The number of ether oxygens (including phenoxy) is 1. The van der Waals surface area contributed by atoms with E-state index in [0.717, 1.165) is 32.8 Å². The molecular formula is C11H26N2O. The number of likely N-dealkylation sites (N-methyl/N-ethyl adjacent to an activating group) is 1. The fraction of sp³-hybridized carbons (Fsp3) is 1.00. The quantitative estimate of drug-likeness (QED) is 0.552. The predicted octanol–water partition coefficient (Wildman–Crippen LogP) is 1.25. The third kappa shape index (κ3) is 8.48. The molecule has 0 aliphatic rings. The van der Waals surface area contributed by atoms with Gasteiger partial charge >= 0.3 is 0 Å². The SMILES string of the molecule is CCNCCOCCNC(C)C(C)C. The van der Waals surface area contributed by atoms with Gasteiger partial charge in [0.05, 0.1) is 13.2 Å². The van der Waals surface area contributed by atoms with Gasteiger partial charge in [-0.15, -0.1) is 0 Å². The van der Waals surface area contributed by atoms with Crippen LogP contribution in [0, 0.1) is 5.92 Å². The van der Waals surface area contributed by atoms with Crippen molar-refractivity contribution < 1.29 is 4.74 Å². The molecule has 0 amide bonds. The first-order valence-electron chi connectivity index (χ1n) is 5.70. The van der Waals surface area contributed by atoms with E-state index in [1.165, 1.54) is 0 Å². The Bertz CT molecular complexity index is 118. The molecule has 0 saturated heterocycles. The zero-order valence-corrected chi connectivity index (χ0v) is 10.1. The summed E-state index contributed by atoms with van der Waals surface area (Å²) in [6.45, 7) is 13.3. The summed E-state index contributed by atoms with van der Waals surface area (Å²) in [5.41, 5.74) is 0. The van der Waals surface area contributed by atoms with Gasteiger partial charge in [-0.2, -0.15) is 0 Å². The number of rotatable bonds is 9. The molecule has 0 saturated carbocycles. The maximum atomic E-state index is 5.44. The first-order chi connectivity index (χ1) is 6.68. The molecule has 0 spiro atoms. The van der Waals surface area contributed by atoms with Crippen molar-refractivity contribution in [2.24, 2.45) is 5.92 Å². The number of hydrogen-bond donors (Lipinski definition) is 2. The Balaban J connectivity index is 3.06. The zero-order valence-electron chi connectivity index (χ0n) is 10.1. The van der Waals surface area contributed by atoms with E-state index in [4.69, 9.17) is 4.74 Å². The van der Waals surface area contributed by atoms with Crippen molar-refractivity contribution in [1.82, 2.24) is 10.6 Å². The van der Waals surface area contributed by atoms with E-state index >= 15 is 0 Å². The molecule has 0 aliphatic heterocycles. The van der Waals surface area contributed by atoms with Crippen LogP contribution in [0.3, 0.4) is 0 Å². The highest BCUT2D eigenvalue weighted by Gasteiger charge is 2.04. The minimum Gasteiger partial charge on any atom is -0.379 e. The highest BCUT2D eigenvalue weighted by Crippen LogP contribution is 1.98. The normalized spacial score (nSPS) is 13.5. The first kappa shape index (κ1) is 13.9. The van der Waals surface area contributed by atoms with Crippen molar-refractivity contribution in [2.45, 2.75) is 33.7 Å². The summed E-state index contributed by atoms with van der Waals surface area (Å²) in [7, 11) is 0. The fourth-order valence-electron chi connectivity index (χ4n) is 1.02. The molecule has 2 N–H and O–H groups in total. The van der Waals surface area contributed by atoms with Crippen LogP contribution in [0.5, 0.6) is 0 Å². The van der Waals surface area contributed by atoms with E-state index in [9.17, 15) is 0 Å². The molecule has 86 valence electrons. The summed E-state index contributed by atoms with van der Waals surface area (Å²) in [6.07, 6.45) is 0. The smallest absolute Gasteiger partial charge is 0.0591 e. The summed E-state index contributed by atoms with van der Waals surface area (Å²) in [4.78, 5) is 0. The van der Waals surface area contributed by atoms with Gasteiger partial charge in [0.1, 0.15) is 0 Å². The Hall–Kier alpha value is -0.120. The molecular weight excluding hydrogens is 176 g/mol. The lowest BCUT2D eigenvalue weighted by Gasteiger charge is -2.17. The van der Waals surface area contributed by atoms with E-state index in [1.54, 1.807) is 0 Å². The summed E-state index contributed by atoms with van der Waals surface area (Å²) >= 11 is 0. The van der Waals surface area contributed by atoms with E-state index in [0.29, 0.717) is 12.0 Å². The average Bonchev–Trinajstić information content (AvgIpc) is 2.16. The Labute approximate surface area is 88.6 Å². The molecule has 0 aromatic heterocycles. The van der Waals surface area contributed by atoms with Crippen LogP contribution >= 0.6 is 0 Å². The summed E-state index contributed by atoms with van der Waals surface area (Å²) in [6, 6.07) is 0.576. The molecule has 0 radical (unpaired) electrons. The van der Waals surface area contributed by atoms with Gasteiger partial charge in [0, 0.05) is 19.1 Å². The topological polar surface area (TPSA) is 33.3 Å². The Morgan fingerprint density at radius 1 is 1.07 bits per heavy atom. The maximum absolute atomic E-state index is 5.44. The standard InChI is InChI=1S/C11H26N2O/c1-5-12-6-8-14-9-7-13-11(4)10(2)3/h10-13H,5-9H2,1-4H3. The third-order valence-corrected chi connectivity index (χ3v) is 2.39. The van der Waals surface area contributed by atoms with Gasteiger partial charge in [0.25, 0.3) is 0 Å². The molecule has 0 aliphatic carbocycles.